The second-order valence-corrected chi connectivity index (χ2v) is 4.48. The topological polar surface area (TPSA) is 38.7 Å². The van der Waals surface area contributed by atoms with E-state index in [-0.39, 0.29) is 5.56 Å². The Balaban J connectivity index is 2.27. The second kappa shape index (κ2) is 7.15. The largest absolute Gasteiger partial charge is 0.491 e. The van der Waals surface area contributed by atoms with Crippen LogP contribution in [-0.4, -0.2) is 25.4 Å². The molecule has 0 spiro atoms. The molecule has 5 heteroatoms. The van der Waals surface area contributed by atoms with Crippen LogP contribution in [0.1, 0.15) is 17.2 Å². The molecule has 0 radical (unpaired) electrons. The van der Waals surface area contributed by atoms with Gasteiger partial charge in [0, 0.05) is 18.7 Å². The number of rotatable bonds is 6. The Morgan fingerprint density at radius 2 is 1.71 bits per heavy atom. The summed E-state index contributed by atoms with van der Waals surface area (Å²) in [6.07, 6.45) is -1.17. The first-order chi connectivity index (χ1) is 10.1. The van der Waals surface area contributed by atoms with Crippen molar-refractivity contribution in [3.05, 3.63) is 65.2 Å². The number of hydrogen-bond acceptors (Lipinski definition) is 3. The van der Waals surface area contributed by atoms with E-state index in [1.165, 1.54) is 0 Å². The lowest BCUT2D eigenvalue weighted by Gasteiger charge is -2.16. The second-order valence-electron chi connectivity index (χ2n) is 4.48. The molecule has 0 aliphatic carbocycles. The summed E-state index contributed by atoms with van der Waals surface area (Å²) in [7, 11) is 1.56. The number of methoxy groups -OCH3 is 1. The zero-order valence-corrected chi connectivity index (χ0v) is 11.6. The minimum Gasteiger partial charge on any atom is -0.491 e. The normalized spacial score (nSPS) is 12.2. The maximum Gasteiger partial charge on any atom is 0.126 e. The fraction of sp³-hybridized carbons (Fsp3) is 0.250. The van der Waals surface area contributed by atoms with E-state index in [0.717, 1.165) is 18.2 Å². The van der Waals surface area contributed by atoms with Gasteiger partial charge in [0.25, 0.3) is 0 Å². The van der Waals surface area contributed by atoms with Crippen LogP contribution in [0, 0.1) is 11.6 Å². The molecular weight excluding hydrogens is 278 g/mol. The van der Waals surface area contributed by atoms with Gasteiger partial charge in [-0.05, 0) is 23.8 Å². The van der Waals surface area contributed by atoms with Crippen LogP contribution in [0.15, 0.2) is 42.5 Å². The molecule has 0 saturated carbocycles. The van der Waals surface area contributed by atoms with E-state index in [1.54, 1.807) is 31.4 Å². The fourth-order valence-electron chi connectivity index (χ4n) is 1.99. The van der Waals surface area contributed by atoms with E-state index in [0.29, 0.717) is 24.5 Å². The molecule has 1 unspecified atom stereocenters. The lowest BCUT2D eigenvalue weighted by molar-refractivity contribution is 0.142. The summed E-state index contributed by atoms with van der Waals surface area (Å²) in [5.41, 5.74) is 0.578. The molecule has 2 rings (SSSR count). The van der Waals surface area contributed by atoms with Crippen molar-refractivity contribution in [3.63, 3.8) is 0 Å². The van der Waals surface area contributed by atoms with Gasteiger partial charge < -0.3 is 14.6 Å². The molecule has 0 aromatic heterocycles. The van der Waals surface area contributed by atoms with Gasteiger partial charge >= 0.3 is 0 Å². The van der Waals surface area contributed by atoms with E-state index >= 15 is 0 Å². The fourth-order valence-corrected chi connectivity index (χ4v) is 1.99. The maximum absolute atomic E-state index is 13.3. The molecule has 2 aromatic carbocycles. The number of para-hydroxylation sites is 1. The van der Waals surface area contributed by atoms with Gasteiger partial charge in [-0.3, -0.25) is 0 Å². The smallest absolute Gasteiger partial charge is 0.126 e. The van der Waals surface area contributed by atoms with E-state index in [1.807, 2.05) is 0 Å². The van der Waals surface area contributed by atoms with Crippen molar-refractivity contribution in [1.82, 2.24) is 0 Å². The Bertz CT molecular complexity index is 582. The standard InChI is InChI=1S/C16H16F2O3/c1-20-6-7-21-15-5-3-2-4-14(15)16(19)11-8-12(17)10-13(18)9-11/h2-5,8-10,16,19H,6-7H2,1H3. The van der Waals surface area contributed by atoms with Crippen LogP contribution in [0.2, 0.25) is 0 Å². The van der Waals surface area contributed by atoms with Gasteiger partial charge in [-0.2, -0.15) is 0 Å². The summed E-state index contributed by atoms with van der Waals surface area (Å²) in [5.74, 6) is -1.02. The Hall–Kier alpha value is -1.98. The third-order valence-corrected chi connectivity index (χ3v) is 2.96. The molecule has 0 aliphatic heterocycles. The highest BCUT2D eigenvalue weighted by Gasteiger charge is 2.17. The number of aliphatic hydroxyl groups is 1. The van der Waals surface area contributed by atoms with Crippen LogP contribution in [0.25, 0.3) is 0 Å². The first-order valence-electron chi connectivity index (χ1n) is 6.46. The van der Waals surface area contributed by atoms with E-state index in [4.69, 9.17) is 9.47 Å². The van der Waals surface area contributed by atoms with Gasteiger partial charge in [0.2, 0.25) is 0 Å². The summed E-state index contributed by atoms with van der Waals surface area (Å²) in [6.45, 7) is 0.719. The molecule has 2 aromatic rings. The van der Waals surface area contributed by atoms with Gasteiger partial charge in [0.1, 0.15) is 30.1 Å². The minimum absolute atomic E-state index is 0.135. The summed E-state index contributed by atoms with van der Waals surface area (Å²) < 4.78 is 36.9. The first-order valence-corrected chi connectivity index (χ1v) is 6.46. The van der Waals surface area contributed by atoms with Crippen molar-refractivity contribution in [2.45, 2.75) is 6.10 Å². The van der Waals surface area contributed by atoms with Crippen LogP contribution in [0.5, 0.6) is 5.75 Å². The van der Waals surface area contributed by atoms with Crippen LogP contribution in [-0.2, 0) is 4.74 Å². The van der Waals surface area contributed by atoms with Crippen molar-refractivity contribution >= 4 is 0 Å². The lowest BCUT2D eigenvalue weighted by Crippen LogP contribution is -2.08. The van der Waals surface area contributed by atoms with Crippen LogP contribution in [0.4, 0.5) is 8.78 Å². The highest BCUT2D eigenvalue weighted by molar-refractivity contribution is 5.40. The maximum atomic E-state index is 13.3. The van der Waals surface area contributed by atoms with Gasteiger partial charge in [0.15, 0.2) is 0 Å². The van der Waals surface area contributed by atoms with Crippen molar-refractivity contribution in [3.8, 4) is 5.75 Å². The minimum atomic E-state index is -1.17. The monoisotopic (exact) mass is 294 g/mol. The molecule has 1 N–H and O–H groups in total. The molecule has 0 aliphatic rings. The summed E-state index contributed by atoms with van der Waals surface area (Å²) in [6, 6.07) is 9.76. The quantitative estimate of drug-likeness (QED) is 0.832. The van der Waals surface area contributed by atoms with Gasteiger partial charge in [-0.15, -0.1) is 0 Å². The van der Waals surface area contributed by atoms with Crippen molar-refractivity contribution in [2.75, 3.05) is 20.3 Å². The summed E-state index contributed by atoms with van der Waals surface area (Å²) in [4.78, 5) is 0. The predicted octanol–water partition coefficient (Wildman–Crippen LogP) is 3.07. The third-order valence-electron chi connectivity index (χ3n) is 2.96. The highest BCUT2D eigenvalue weighted by Crippen LogP contribution is 2.30. The molecular formula is C16H16F2O3. The average Bonchev–Trinajstić information content (AvgIpc) is 2.46. The summed E-state index contributed by atoms with van der Waals surface area (Å²) in [5, 5.41) is 10.3. The molecule has 21 heavy (non-hydrogen) atoms. The summed E-state index contributed by atoms with van der Waals surface area (Å²) >= 11 is 0. The molecule has 1 atom stereocenters. The Morgan fingerprint density at radius 3 is 2.38 bits per heavy atom. The van der Waals surface area contributed by atoms with E-state index in [2.05, 4.69) is 0 Å². The van der Waals surface area contributed by atoms with E-state index < -0.39 is 17.7 Å². The van der Waals surface area contributed by atoms with Gasteiger partial charge in [-0.25, -0.2) is 8.78 Å². The lowest BCUT2D eigenvalue weighted by atomic mass is 10.0. The van der Waals surface area contributed by atoms with Gasteiger partial charge in [-0.1, -0.05) is 18.2 Å². The Morgan fingerprint density at radius 1 is 1.05 bits per heavy atom. The van der Waals surface area contributed by atoms with Crippen molar-refractivity contribution in [1.29, 1.82) is 0 Å². The number of ether oxygens (including phenoxy) is 2. The van der Waals surface area contributed by atoms with Crippen LogP contribution >= 0.6 is 0 Å². The number of halogens is 2. The Labute approximate surface area is 121 Å². The molecule has 3 nitrogen and oxygen atoms in total. The molecule has 0 amide bonds. The third kappa shape index (κ3) is 4.00. The molecule has 0 bridgehead atoms. The Kier molecular flexibility index (Phi) is 5.25. The number of benzene rings is 2. The zero-order chi connectivity index (χ0) is 15.2. The molecule has 0 heterocycles. The molecule has 112 valence electrons. The van der Waals surface area contributed by atoms with Crippen molar-refractivity contribution < 1.29 is 23.4 Å². The van der Waals surface area contributed by atoms with Gasteiger partial charge in [0.05, 0.1) is 6.61 Å². The average molecular weight is 294 g/mol. The van der Waals surface area contributed by atoms with Crippen molar-refractivity contribution in [2.24, 2.45) is 0 Å². The molecule has 0 saturated heterocycles. The van der Waals surface area contributed by atoms with E-state index in [9.17, 15) is 13.9 Å². The van der Waals surface area contributed by atoms with Crippen LogP contribution in [0.3, 0.4) is 0 Å². The predicted molar refractivity (Wildman–Crippen MR) is 74.2 cm³/mol. The number of aliphatic hydroxyl groups excluding tert-OH is 1. The molecule has 0 fully saturated rings. The number of hydrogen-bond donors (Lipinski definition) is 1. The highest BCUT2D eigenvalue weighted by atomic mass is 19.1. The van der Waals surface area contributed by atoms with Crippen LogP contribution < -0.4 is 4.74 Å². The zero-order valence-electron chi connectivity index (χ0n) is 11.6. The SMILES string of the molecule is COCCOc1ccccc1C(O)c1cc(F)cc(F)c1. The first kappa shape index (κ1) is 15.4.